The van der Waals surface area contributed by atoms with Crippen molar-refractivity contribution >= 4 is 41.3 Å². The number of nitrogens with one attached hydrogen (secondary N) is 2. The molecule has 0 spiro atoms. The van der Waals surface area contributed by atoms with Crippen molar-refractivity contribution < 1.29 is 0 Å². The number of guanidine groups is 1. The van der Waals surface area contributed by atoms with E-state index in [0.29, 0.717) is 6.04 Å². The van der Waals surface area contributed by atoms with E-state index < -0.39 is 0 Å². The van der Waals surface area contributed by atoms with Gasteiger partial charge in [-0.25, -0.2) is 0 Å². The van der Waals surface area contributed by atoms with Crippen LogP contribution >= 0.6 is 35.3 Å². The molecule has 0 bridgehead atoms. The zero-order chi connectivity index (χ0) is 11.2. The lowest BCUT2D eigenvalue weighted by Crippen LogP contribution is -2.42. The fraction of sp³-hybridized carbons (Fsp3) is 0.417. The Morgan fingerprint density at radius 2 is 2.24 bits per heavy atom. The molecule has 0 radical (unpaired) electrons. The van der Waals surface area contributed by atoms with Gasteiger partial charge in [-0.1, -0.05) is 12.2 Å². The number of rotatable bonds is 3. The van der Waals surface area contributed by atoms with E-state index in [-0.39, 0.29) is 24.0 Å². The average Bonchev–Trinajstić information content (AvgIpc) is 2.97. The Kier molecular flexibility index (Phi) is 6.57. The van der Waals surface area contributed by atoms with Crippen LogP contribution in [-0.2, 0) is 6.54 Å². The molecule has 0 fully saturated rings. The summed E-state index contributed by atoms with van der Waals surface area (Å²) in [7, 11) is 1.81. The van der Waals surface area contributed by atoms with Gasteiger partial charge in [0, 0.05) is 19.6 Å². The summed E-state index contributed by atoms with van der Waals surface area (Å²) in [4.78, 5) is 4.22. The first kappa shape index (κ1) is 14.5. The third-order valence-electron chi connectivity index (χ3n) is 2.61. The van der Waals surface area contributed by atoms with Gasteiger partial charge in [-0.15, -0.1) is 24.0 Å². The van der Waals surface area contributed by atoms with Gasteiger partial charge in [-0.2, -0.15) is 11.3 Å². The number of thiophene rings is 1. The second-order valence-corrected chi connectivity index (χ2v) is 4.62. The quantitative estimate of drug-likeness (QED) is 0.375. The summed E-state index contributed by atoms with van der Waals surface area (Å²) >= 11 is 1.72. The van der Waals surface area contributed by atoms with Crippen molar-refractivity contribution in [1.29, 1.82) is 0 Å². The molecular weight excluding hydrogens is 345 g/mol. The number of halogens is 1. The van der Waals surface area contributed by atoms with Gasteiger partial charge in [0.05, 0.1) is 0 Å². The Hall–Kier alpha value is -0.560. The Labute approximate surface area is 123 Å². The van der Waals surface area contributed by atoms with Crippen LogP contribution in [0.25, 0.3) is 0 Å². The Morgan fingerprint density at radius 1 is 1.47 bits per heavy atom. The summed E-state index contributed by atoms with van der Waals surface area (Å²) < 4.78 is 0. The summed E-state index contributed by atoms with van der Waals surface area (Å²) in [6.45, 7) is 0.837. The fourth-order valence-electron chi connectivity index (χ4n) is 1.70. The fourth-order valence-corrected chi connectivity index (χ4v) is 2.37. The molecule has 0 atom stereocenters. The lowest BCUT2D eigenvalue weighted by atomic mass is 10.2. The van der Waals surface area contributed by atoms with Crippen LogP contribution in [0, 0.1) is 0 Å². The third kappa shape index (κ3) is 4.67. The van der Waals surface area contributed by atoms with E-state index >= 15 is 0 Å². The summed E-state index contributed by atoms with van der Waals surface area (Å²) in [5.41, 5.74) is 1.30. The van der Waals surface area contributed by atoms with Crippen LogP contribution in [0.3, 0.4) is 0 Å². The molecule has 2 rings (SSSR count). The highest BCUT2D eigenvalue weighted by Crippen LogP contribution is 2.09. The van der Waals surface area contributed by atoms with Crippen LogP contribution in [0.1, 0.15) is 18.4 Å². The van der Waals surface area contributed by atoms with Gasteiger partial charge in [0.25, 0.3) is 0 Å². The van der Waals surface area contributed by atoms with Gasteiger partial charge >= 0.3 is 0 Å². The zero-order valence-electron chi connectivity index (χ0n) is 9.85. The Morgan fingerprint density at radius 3 is 2.82 bits per heavy atom. The third-order valence-corrected chi connectivity index (χ3v) is 3.34. The minimum absolute atomic E-state index is 0. The predicted molar refractivity (Wildman–Crippen MR) is 85.2 cm³/mol. The Balaban J connectivity index is 0.00000144. The summed E-state index contributed by atoms with van der Waals surface area (Å²) in [6.07, 6.45) is 6.62. The van der Waals surface area contributed by atoms with E-state index in [4.69, 9.17) is 0 Å². The van der Waals surface area contributed by atoms with E-state index in [0.717, 1.165) is 25.3 Å². The molecule has 5 heteroatoms. The van der Waals surface area contributed by atoms with Gasteiger partial charge in [0.2, 0.25) is 0 Å². The largest absolute Gasteiger partial charge is 0.353 e. The van der Waals surface area contributed by atoms with E-state index in [2.05, 4.69) is 44.6 Å². The van der Waals surface area contributed by atoms with Crippen LogP contribution in [0.2, 0.25) is 0 Å². The monoisotopic (exact) mass is 363 g/mol. The van der Waals surface area contributed by atoms with Crippen LogP contribution in [0.15, 0.2) is 34.0 Å². The van der Waals surface area contributed by atoms with Crippen molar-refractivity contribution in [2.24, 2.45) is 4.99 Å². The molecule has 0 saturated carbocycles. The number of nitrogens with zero attached hydrogens (tertiary/aromatic N) is 1. The number of hydrogen-bond donors (Lipinski definition) is 2. The lowest BCUT2D eigenvalue weighted by Gasteiger charge is -2.16. The average molecular weight is 363 g/mol. The molecule has 1 heterocycles. The molecule has 3 nitrogen and oxygen atoms in total. The first-order valence-corrected chi connectivity index (χ1v) is 6.46. The van der Waals surface area contributed by atoms with E-state index in [1.54, 1.807) is 11.3 Å². The molecule has 1 aliphatic carbocycles. The molecular formula is C12H18IN3S. The van der Waals surface area contributed by atoms with Gasteiger partial charge in [-0.05, 0) is 35.2 Å². The molecule has 0 amide bonds. The van der Waals surface area contributed by atoms with Gasteiger partial charge in [-0.3, -0.25) is 4.99 Å². The maximum absolute atomic E-state index is 4.22. The standard InChI is InChI=1S/C12H17N3S.HI/c1-13-12(15-11-4-2-3-5-11)14-8-10-6-7-16-9-10;/h2-3,6-7,9,11H,4-5,8H2,1H3,(H2,13,14,15);1H. The van der Waals surface area contributed by atoms with Gasteiger partial charge in [0.15, 0.2) is 5.96 Å². The molecule has 1 aliphatic rings. The normalized spacial score (nSPS) is 15.7. The summed E-state index contributed by atoms with van der Waals surface area (Å²) in [6, 6.07) is 2.64. The van der Waals surface area contributed by atoms with Crippen molar-refractivity contribution in [3.63, 3.8) is 0 Å². The highest BCUT2D eigenvalue weighted by molar-refractivity contribution is 14.0. The molecule has 2 N–H and O–H groups in total. The highest BCUT2D eigenvalue weighted by Gasteiger charge is 2.11. The second-order valence-electron chi connectivity index (χ2n) is 3.84. The summed E-state index contributed by atoms with van der Waals surface area (Å²) in [5, 5.41) is 11.0. The van der Waals surface area contributed by atoms with Crippen LogP contribution in [0.5, 0.6) is 0 Å². The second kappa shape index (κ2) is 7.71. The van der Waals surface area contributed by atoms with Crippen molar-refractivity contribution in [3.05, 3.63) is 34.5 Å². The number of aliphatic imine (C=N–C) groups is 1. The molecule has 1 aromatic rings. The van der Waals surface area contributed by atoms with Crippen molar-refractivity contribution in [1.82, 2.24) is 10.6 Å². The van der Waals surface area contributed by atoms with Gasteiger partial charge < -0.3 is 10.6 Å². The Bertz CT molecular complexity index is 365. The SMILES string of the molecule is CN=C(NCc1ccsc1)NC1CC=CC1.I. The zero-order valence-corrected chi connectivity index (χ0v) is 13.0. The summed E-state index contributed by atoms with van der Waals surface area (Å²) in [5.74, 6) is 0.889. The molecule has 1 aromatic heterocycles. The van der Waals surface area contributed by atoms with Crippen LogP contribution < -0.4 is 10.6 Å². The molecule has 17 heavy (non-hydrogen) atoms. The van der Waals surface area contributed by atoms with Crippen molar-refractivity contribution in [2.45, 2.75) is 25.4 Å². The van der Waals surface area contributed by atoms with E-state index in [1.807, 2.05) is 7.05 Å². The first-order valence-electron chi connectivity index (χ1n) is 5.52. The smallest absolute Gasteiger partial charge is 0.191 e. The van der Waals surface area contributed by atoms with E-state index in [9.17, 15) is 0 Å². The van der Waals surface area contributed by atoms with Gasteiger partial charge in [0.1, 0.15) is 0 Å². The number of hydrogen-bond acceptors (Lipinski definition) is 2. The first-order chi connectivity index (χ1) is 7.88. The maximum Gasteiger partial charge on any atom is 0.191 e. The van der Waals surface area contributed by atoms with Crippen molar-refractivity contribution in [2.75, 3.05) is 7.05 Å². The molecule has 0 unspecified atom stereocenters. The molecule has 0 aromatic carbocycles. The molecule has 0 aliphatic heterocycles. The lowest BCUT2D eigenvalue weighted by molar-refractivity contribution is 0.633. The van der Waals surface area contributed by atoms with Crippen LogP contribution in [-0.4, -0.2) is 19.0 Å². The van der Waals surface area contributed by atoms with E-state index in [1.165, 1.54) is 5.56 Å². The molecule has 0 saturated heterocycles. The molecule has 94 valence electrons. The van der Waals surface area contributed by atoms with Crippen LogP contribution in [0.4, 0.5) is 0 Å². The topological polar surface area (TPSA) is 36.4 Å². The van der Waals surface area contributed by atoms with Crippen molar-refractivity contribution in [3.8, 4) is 0 Å². The predicted octanol–water partition coefficient (Wildman–Crippen LogP) is 2.75. The maximum atomic E-state index is 4.22. The minimum Gasteiger partial charge on any atom is -0.353 e. The highest BCUT2D eigenvalue weighted by atomic mass is 127. The minimum atomic E-state index is 0.